The van der Waals surface area contributed by atoms with Gasteiger partial charge in [-0.15, -0.1) is 0 Å². The predicted molar refractivity (Wildman–Crippen MR) is 82.9 cm³/mol. The molecule has 0 unspecified atom stereocenters. The quantitative estimate of drug-likeness (QED) is 0.671. The van der Waals surface area contributed by atoms with E-state index in [1.165, 1.54) is 12.4 Å². The van der Waals surface area contributed by atoms with Crippen molar-refractivity contribution in [3.05, 3.63) is 18.2 Å². The molecule has 0 radical (unpaired) electrons. The molecule has 0 amide bonds. The second-order valence-electron chi connectivity index (χ2n) is 5.81. The van der Waals surface area contributed by atoms with Crippen LogP contribution in [0, 0.1) is 5.41 Å². The number of hydrogen-bond acceptors (Lipinski definition) is 2. The van der Waals surface area contributed by atoms with Gasteiger partial charge in [0.25, 0.3) is 0 Å². The number of halogens is 2. The summed E-state index contributed by atoms with van der Waals surface area (Å²) < 4.78 is 26.5. The molecule has 1 N–H and O–H groups in total. The van der Waals surface area contributed by atoms with E-state index in [9.17, 15) is 8.78 Å². The molecule has 124 valence electrons. The van der Waals surface area contributed by atoms with Crippen molar-refractivity contribution >= 4 is 5.96 Å². The minimum atomic E-state index is -2.57. The monoisotopic (exact) mass is 313 g/mol. The smallest absolute Gasteiger partial charge is 0.319 e. The molecule has 1 aliphatic rings. The standard InChI is InChI=1S/C15H25F2N5/c1-4-15(5-2)6-8-21(11-15)14(18-3)20-10-12-19-7-9-22(12)13(16)17/h7,9,13H,4-6,8,10-11H2,1-3H3,(H,18,20). The van der Waals surface area contributed by atoms with E-state index in [1.54, 1.807) is 7.05 Å². The lowest BCUT2D eigenvalue weighted by Crippen LogP contribution is -2.41. The van der Waals surface area contributed by atoms with E-state index >= 15 is 0 Å². The van der Waals surface area contributed by atoms with Gasteiger partial charge in [-0.1, -0.05) is 13.8 Å². The van der Waals surface area contributed by atoms with E-state index in [-0.39, 0.29) is 6.54 Å². The topological polar surface area (TPSA) is 45.4 Å². The summed E-state index contributed by atoms with van der Waals surface area (Å²) in [6.45, 7) is 4.03. The second-order valence-corrected chi connectivity index (χ2v) is 5.81. The Hall–Kier alpha value is -1.66. The third-order valence-corrected chi connectivity index (χ3v) is 4.81. The van der Waals surface area contributed by atoms with Crippen LogP contribution in [0.4, 0.5) is 8.78 Å². The van der Waals surface area contributed by atoms with Crippen LogP contribution < -0.4 is 5.32 Å². The maximum atomic E-state index is 12.8. The number of rotatable bonds is 5. The average Bonchev–Trinajstić information content (AvgIpc) is 3.15. The number of nitrogens with zero attached hydrogens (tertiary/aromatic N) is 4. The molecule has 0 saturated carbocycles. The number of likely N-dealkylation sites (tertiary alicyclic amines) is 1. The van der Waals surface area contributed by atoms with Crippen molar-refractivity contribution in [1.29, 1.82) is 0 Å². The van der Waals surface area contributed by atoms with E-state index in [4.69, 9.17) is 0 Å². The van der Waals surface area contributed by atoms with Crippen LogP contribution in [0.15, 0.2) is 17.4 Å². The molecular formula is C15H25F2N5. The molecule has 1 aromatic heterocycles. The molecule has 2 heterocycles. The summed E-state index contributed by atoms with van der Waals surface area (Å²) in [5, 5.41) is 3.15. The number of aromatic nitrogens is 2. The summed E-state index contributed by atoms with van der Waals surface area (Å²) in [4.78, 5) is 10.5. The van der Waals surface area contributed by atoms with E-state index < -0.39 is 6.55 Å². The van der Waals surface area contributed by atoms with Gasteiger partial charge in [0.2, 0.25) is 0 Å². The number of nitrogens with one attached hydrogen (secondary N) is 1. The summed E-state index contributed by atoms with van der Waals surface area (Å²) in [7, 11) is 1.72. The molecular weight excluding hydrogens is 288 g/mol. The van der Waals surface area contributed by atoms with Crippen LogP contribution in [0.3, 0.4) is 0 Å². The number of hydrogen-bond donors (Lipinski definition) is 1. The van der Waals surface area contributed by atoms with Crippen molar-refractivity contribution in [1.82, 2.24) is 19.8 Å². The van der Waals surface area contributed by atoms with Gasteiger partial charge in [-0.25, -0.2) is 4.98 Å². The van der Waals surface area contributed by atoms with Gasteiger partial charge in [-0.2, -0.15) is 8.78 Å². The van der Waals surface area contributed by atoms with E-state index in [1.807, 2.05) is 0 Å². The van der Waals surface area contributed by atoms with E-state index in [0.29, 0.717) is 11.2 Å². The molecule has 0 aliphatic carbocycles. The molecule has 1 fully saturated rings. The second kappa shape index (κ2) is 7.07. The first kappa shape index (κ1) is 16.7. The molecule has 1 aliphatic heterocycles. The fourth-order valence-corrected chi connectivity index (χ4v) is 3.09. The maximum Gasteiger partial charge on any atom is 0.319 e. The summed E-state index contributed by atoms with van der Waals surface area (Å²) in [5.41, 5.74) is 0.346. The molecule has 1 saturated heterocycles. The summed E-state index contributed by atoms with van der Waals surface area (Å²) >= 11 is 0. The molecule has 0 aromatic carbocycles. The van der Waals surface area contributed by atoms with E-state index in [2.05, 4.69) is 34.0 Å². The molecule has 0 atom stereocenters. The fourth-order valence-electron chi connectivity index (χ4n) is 3.09. The fraction of sp³-hybridized carbons (Fsp3) is 0.733. The zero-order chi connectivity index (χ0) is 16.2. The van der Waals surface area contributed by atoms with Crippen LogP contribution in [-0.2, 0) is 6.54 Å². The van der Waals surface area contributed by atoms with Gasteiger partial charge in [0.15, 0.2) is 5.96 Å². The number of aliphatic imine (C=N–C) groups is 1. The third kappa shape index (κ3) is 3.39. The Morgan fingerprint density at radius 1 is 1.45 bits per heavy atom. The first-order valence-electron chi connectivity index (χ1n) is 7.80. The van der Waals surface area contributed by atoms with Crippen LogP contribution in [0.2, 0.25) is 0 Å². The SMILES string of the molecule is CCC1(CC)CCN(C(=NC)NCc2nccn2C(F)F)C1. The van der Waals surface area contributed by atoms with Crippen molar-refractivity contribution in [2.24, 2.45) is 10.4 Å². The first-order chi connectivity index (χ1) is 10.5. The molecule has 7 heteroatoms. The van der Waals surface area contributed by atoms with E-state index in [0.717, 1.165) is 42.9 Å². The lowest BCUT2D eigenvalue weighted by Gasteiger charge is -2.28. The highest BCUT2D eigenvalue weighted by molar-refractivity contribution is 5.80. The molecule has 1 aromatic rings. The van der Waals surface area contributed by atoms with Gasteiger partial charge in [0, 0.05) is 32.5 Å². The maximum absolute atomic E-state index is 12.8. The Bertz CT molecular complexity index is 508. The summed E-state index contributed by atoms with van der Waals surface area (Å²) in [6.07, 6.45) is 6.12. The largest absolute Gasteiger partial charge is 0.349 e. The van der Waals surface area contributed by atoms with Crippen LogP contribution in [0.1, 0.15) is 45.5 Å². The normalized spacial score (nSPS) is 18.3. The van der Waals surface area contributed by atoms with Crippen molar-refractivity contribution in [2.75, 3.05) is 20.1 Å². The van der Waals surface area contributed by atoms with Crippen LogP contribution in [0.25, 0.3) is 0 Å². The molecule has 22 heavy (non-hydrogen) atoms. The lowest BCUT2D eigenvalue weighted by molar-refractivity contribution is 0.0668. The van der Waals surface area contributed by atoms with Crippen LogP contribution in [0.5, 0.6) is 0 Å². The molecule has 0 spiro atoms. The number of guanidine groups is 1. The average molecular weight is 313 g/mol. The Kier molecular flexibility index (Phi) is 5.37. The molecule has 0 bridgehead atoms. The summed E-state index contributed by atoms with van der Waals surface area (Å²) in [5.74, 6) is 1.07. The lowest BCUT2D eigenvalue weighted by atomic mass is 9.82. The Balaban J connectivity index is 1.98. The highest BCUT2D eigenvalue weighted by atomic mass is 19.3. The highest BCUT2D eigenvalue weighted by Gasteiger charge is 2.36. The third-order valence-electron chi connectivity index (χ3n) is 4.81. The Labute approximate surface area is 130 Å². The van der Waals surface area contributed by atoms with Gasteiger partial charge < -0.3 is 10.2 Å². The summed E-state index contributed by atoms with van der Waals surface area (Å²) in [6, 6.07) is 0. The van der Waals surface area contributed by atoms with Crippen molar-refractivity contribution in [3.63, 3.8) is 0 Å². The van der Waals surface area contributed by atoms with Crippen molar-refractivity contribution < 1.29 is 8.78 Å². The first-order valence-corrected chi connectivity index (χ1v) is 7.80. The van der Waals surface area contributed by atoms with Crippen molar-refractivity contribution in [2.45, 2.75) is 46.2 Å². The molecule has 5 nitrogen and oxygen atoms in total. The van der Waals surface area contributed by atoms with Gasteiger partial charge in [0.05, 0.1) is 6.54 Å². The van der Waals surface area contributed by atoms with Gasteiger partial charge >= 0.3 is 6.55 Å². The minimum absolute atomic E-state index is 0.242. The zero-order valence-corrected chi connectivity index (χ0v) is 13.5. The number of alkyl halides is 2. The minimum Gasteiger partial charge on any atom is -0.349 e. The van der Waals surface area contributed by atoms with Gasteiger partial charge in [0.1, 0.15) is 5.82 Å². The van der Waals surface area contributed by atoms with Crippen LogP contribution in [-0.4, -0.2) is 40.5 Å². The zero-order valence-electron chi connectivity index (χ0n) is 13.5. The predicted octanol–water partition coefficient (Wildman–Crippen LogP) is 2.87. The number of imidazole rings is 1. The Morgan fingerprint density at radius 3 is 2.73 bits per heavy atom. The highest BCUT2D eigenvalue weighted by Crippen LogP contribution is 2.36. The van der Waals surface area contributed by atoms with Crippen molar-refractivity contribution in [3.8, 4) is 0 Å². The van der Waals surface area contributed by atoms with Gasteiger partial charge in [-0.05, 0) is 24.7 Å². The van der Waals surface area contributed by atoms with Gasteiger partial charge in [-0.3, -0.25) is 9.56 Å². The Morgan fingerprint density at radius 2 is 2.18 bits per heavy atom. The molecule has 2 rings (SSSR count). The van der Waals surface area contributed by atoms with Crippen LogP contribution >= 0.6 is 0 Å².